The maximum atomic E-state index is 13.1. The van der Waals surface area contributed by atoms with Crippen LogP contribution in [0.2, 0.25) is 0 Å². The number of alkyl halides is 3. The Kier molecular flexibility index (Phi) is 5.21. The molecule has 3 rings (SSSR count). The summed E-state index contributed by atoms with van der Waals surface area (Å²) in [7, 11) is 0. The molecule has 30 heavy (non-hydrogen) atoms. The topological polar surface area (TPSA) is 115 Å². The molecule has 7 nitrogen and oxygen atoms in total. The minimum absolute atomic E-state index is 0.204. The quantitative estimate of drug-likeness (QED) is 0.682. The Labute approximate surface area is 168 Å². The average molecular weight is 413 g/mol. The molecule has 1 aromatic carbocycles. The first-order valence-corrected chi connectivity index (χ1v) is 8.56. The van der Waals surface area contributed by atoms with Crippen LogP contribution in [0.25, 0.3) is 11.0 Å². The zero-order valence-corrected chi connectivity index (χ0v) is 15.5. The lowest BCUT2D eigenvalue weighted by Gasteiger charge is -2.24. The van der Waals surface area contributed by atoms with Gasteiger partial charge in [-0.3, -0.25) is 4.79 Å². The largest absolute Gasteiger partial charge is 0.417 e. The van der Waals surface area contributed by atoms with Crippen molar-refractivity contribution in [3.63, 3.8) is 0 Å². The Balaban J connectivity index is 1.83. The van der Waals surface area contributed by atoms with E-state index >= 15 is 0 Å². The minimum atomic E-state index is -4.77. The van der Waals surface area contributed by atoms with Gasteiger partial charge in [-0.15, -0.1) is 0 Å². The van der Waals surface area contributed by atoms with Gasteiger partial charge in [-0.2, -0.15) is 23.7 Å². The normalized spacial score (nSPS) is 13.3. The Morgan fingerprint density at radius 3 is 2.57 bits per heavy atom. The van der Waals surface area contributed by atoms with E-state index in [1.54, 1.807) is 22.9 Å². The molecular formula is C20H14F3N5O2. The van der Waals surface area contributed by atoms with E-state index in [0.717, 1.165) is 12.1 Å². The highest BCUT2D eigenvalue weighted by Crippen LogP contribution is 2.33. The fourth-order valence-corrected chi connectivity index (χ4v) is 2.90. The average Bonchev–Trinajstić information content (AvgIpc) is 3.08. The summed E-state index contributed by atoms with van der Waals surface area (Å²) in [4.78, 5) is 16.6. The molecule has 152 valence electrons. The van der Waals surface area contributed by atoms with Crippen LogP contribution in [-0.2, 0) is 17.5 Å². The van der Waals surface area contributed by atoms with Gasteiger partial charge in [-0.25, -0.2) is 4.98 Å². The standard InChI is InChI=1S/C20H14F3N5O2/c1-19(30,11-28-7-6-16-17(28)5-4-14(10-25)26-16)18(29)27-13-3-2-12(9-24)15(8-13)20(21,22)23/h2-8,30H,11H2,1H3,(H,27,29). The van der Waals surface area contributed by atoms with Gasteiger partial charge in [-0.05, 0) is 43.3 Å². The van der Waals surface area contributed by atoms with Crippen molar-refractivity contribution in [1.29, 1.82) is 10.5 Å². The molecule has 0 aliphatic rings. The van der Waals surface area contributed by atoms with Crippen LogP contribution in [0.1, 0.15) is 23.7 Å². The predicted octanol–water partition coefficient (Wildman–Crippen LogP) is 3.19. The van der Waals surface area contributed by atoms with Gasteiger partial charge < -0.3 is 15.0 Å². The van der Waals surface area contributed by atoms with Crippen LogP contribution in [0.3, 0.4) is 0 Å². The number of amides is 1. The van der Waals surface area contributed by atoms with Crippen molar-refractivity contribution in [2.75, 3.05) is 5.32 Å². The molecule has 0 saturated heterocycles. The third-order valence-corrected chi connectivity index (χ3v) is 4.41. The highest BCUT2D eigenvalue weighted by Gasteiger charge is 2.35. The molecule has 2 heterocycles. The van der Waals surface area contributed by atoms with Crippen molar-refractivity contribution < 1.29 is 23.1 Å². The molecule has 0 saturated carbocycles. The van der Waals surface area contributed by atoms with Crippen LogP contribution < -0.4 is 5.32 Å². The van der Waals surface area contributed by atoms with Gasteiger partial charge in [0, 0.05) is 11.9 Å². The molecule has 0 aliphatic carbocycles. The van der Waals surface area contributed by atoms with Gasteiger partial charge in [0.05, 0.1) is 34.8 Å². The van der Waals surface area contributed by atoms with Crippen LogP contribution in [0.15, 0.2) is 42.6 Å². The number of aromatic nitrogens is 2. The number of nitrogens with zero attached hydrogens (tertiary/aromatic N) is 4. The molecule has 2 aromatic heterocycles. The third kappa shape index (κ3) is 4.09. The molecule has 1 atom stereocenters. The number of fused-ring (bicyclic) bond motifs is 1. The number of nitriles is 2. The Hall–Kier alpha value is -3.89. The van der Waals surface area contributed by atoms with Crippen molar-refractivity contribution in [2.45, 2.75) is 25.2 Å². The fraction of sp³-hybridized carbons (Fsp3) is 0.200. The number of hydrogen-bond donors (Lipinski definition) is 2. The van der Waals surface area contributed by atoms with Crippen molar-refractivity contribution >= 4 is 22.6 Å². The Bertz CT molecular complexity index is 1220. The number of carbonyl (C=O) groups excluding carboxylic acids is 1. The van der Waals surface area contributed by atoms with Gasteiger partial charge in [0.1, 0.15) is 11.8 Å². The Morgan fingerprint density at radius 1 is 1.20 bits per heavy atom. The van der Waals surface area contributed by atoms with Crippen LogP contribution >= 0.6 is 0 Å². The summed E-state index contributed by atoms with van der Waals surface area (Å²) in [6.45, 7) is 1.01. The summed E-state index contributed by atoms with van der Waals surface area (Å²) in [5.41, 5.74) is -2.66. The van der Waals surface area contributed by atoms with Gasteiger partial charge in [0.2, 0.25) is 0 Å². The molecule has 0 fully saturated rings. The van der Waals surface area contributed by atoms with E-state index in [-0.39, 0.29) is 17.9 Å². The van der Waals surface area contributed by atoms with Crippen molar-refractivity contribution in [3.8, 4) is 12.1 Å². The van der Waals surface area contributed by atoms with Gasteiger partial charge >= 0.3 is 6.18 Å². The minimum Gasteiger partial charge on any atom is -0.378 e. The number of pyridine rings is 1. The number of rotatable bonds is 4. The molecule has 1 unspecified atom stereocenters. The van der Waals surface area contributed by atoms with Gasteiger partial charge in [0.15, 0.2) is 5.60 Å². The smallest absolute Gasteiger partial charge is 0.378 e. The zero-order chi connectivity index (χ0) is 22.1. The van der Waals surface area contributed by atoms with Gasteiger partial charge in [-0.1, -0.05) is 0 Å². The van der Waals surface area contributed by atoms with E-state index in [9.17, 15) is 23.1 Å². The molecule has 10 heteroatoms. The van der Waals surface area contributed by atoms with E-state index < -0.39 is 28.8 Å². The number of carbonyl (C=O) groups is 1. The first-order chi connectivity index (χ1) is 14.0. The van der Waals surface area contributed by atoms with Crippen molar-refractivity contribution in [2.24, 2.45) is 0 Å². The lowest BCUT2D eigenvalue weighted by molar-refractivity contribution is -0.138. The summed E-state index contributed by atoms with van der Waals surface area (Å²) in [6, 6.07) is 10.8. The maximum Gasteiger partial charge on any atom is 0.417 e. The lowest BCUT2D eigenvalue weighted by Crippen LogP contribution is -2.43. The number of nitrogens with one attached hydrogen (secondary N) is 1. The first kappa shape index (κ1) is 20.8. The van der Waals surface area contributed by atoms with E-state index in [0.29, 0.717) is 17.1 Å². The van der Waals surface area contributed by atoms with E-state index in [1.165, 1.54) is 19.1 Å². The number of anilines is 1. The molecule has 0 bridgehead atoms. The zero-order valence-electron chi connectivity index (χ0n) is 15.5. The van der Waals surface area contributed by atoms with E-state index in [2.05, 4.69) is 10.3 Å². The van der Waals surface area contributed by atoms with Crippen LogP contribution in [0, 0.1) is 22.7 Å². The number of benzene rings is 1. The second kappa shape index (κ2) is 7.50. The van der Waals surface area contributed by atoms with Crippen LogP contribution in [0.5, 0.6) is 0 Å². The van der Waals surface area contributed by atoms with Gasteiger partial charge in [0.25, 0.3) is 5.91 Å². The molecule has 2 N–H and O–H groups in total. The van der Waals surface area contributed by atoms with E-state index in [1.807, 2.05) is 6.07 Å². The highest BCUT2D eigenvalue weighted by molar-refractivity contribution is 5.97. The number of aliphatic hydroxyl groups is 1. The maximum absolute atomic E-state index is 13.1. The van der Waals surface area contributed by atoms with Crippen molar-refractivity contribution in [3.05, 3.63) is 59.4 Å². The summed E-state index contributed by atoms with van der Waals surface area (Å²) < 4.78 is 40.8. The Morgan fingerprint density at radius 2 is 1.93 bits per heavy atom. The molecular weight excluding hydrogens is 399 g/mol. The fourth-order valence-electron chi connectivity index (χ4n) is 2.90. The predicted molar refractivity (Wildman–Crippen MR) is 99.9 cm³/mol. The molecule has 3 aromatic rings. The van der Waals surface area contributed by atoms with Crippen LogP contribution in [0.4, 0.5) is 18.9 Å². The molecule has 0 radical (unpaired) electrons. The second-order valence-corrected chi connectivity index (χ2v) is 6.75. The summed E-state index contributed by atoms with van der Waals surface area (Å²) in [5, 5.41) is 30.6. The van der Waals surface area contributed by atoms with Crippen molar-refractivity contribution in [1.82, 2.24) is 9.55 Å². The number of halogens is 3. The monoisotopic (exact) mass is 413 g/mol. The number of hydrogen-bond acceptors (Lipinski definition) is 5. The third-order valence-electron chi connectivity index (χ3n) is 4.41. The molecule has 1 amide bonds. The highest BCUT2D eigenvalue weighted by atomic mass is 19.4. The second-order valence-electron chi connectivity index (χ2n) is 6.75. The van der Waals surface area contributed by atoms with E-state index in [4.69, 9.17) is 10.5 Å². The molecule has 0 aliphatic heterocycles. The van der Waals surface area contributed by atoms with Crippen LogP contribution in [-0.4, -0.2) is 26.2 Å². The lowest BCUT2D eigenvalue weighted by atomic mass is 10.0. The molecule has 0 spiro atoms. The summed E-state index contributed by atoms with van der Waals surface area (Å²) in [5.74, 6) is -0.927. The summed E-state index contributed by atoms with van der Waals surface area (Å²) in [6.07, 6.45) is -3.20. The SMILES string of the molecule is CC(O)(Cn1ccc2nc(C#N)ccc21)C(=O)Nc1ccc(C#N)c(C(F)(F)F)c1. The first-order valence-electron chi connectivity index (χ1n) is 8.56. The summed E-state index contributed by atoms with van der Waals surface area (Å²) >= 11 is 0.